The highest BCUT2D eigenvalue weighted by Gasteiger charge is 2.23. The molecule has 3 N–H and O–H groups in total. The maximum absolute atomic E-state index is 13.8. The van der Waals surface area contributed by atoms with Crippen molar-refractivity contribution in [2.24, 2.45) is 0 Å². The number of amides is 3. The van der Waals surface area contributed by atoms with Gasteiger partial charge in [-0.25, -0.2) is 0 Å². The fourth-order valence-corrected chi connectivity index (χ4v) is 6.39. The highest BCUT2D eigenvalue weighted by molar-refractivity contribution is 8.00. The number of benzene rings is 5. The molecule has 3 amide bonds. The van der Waals surface area contributed by atoms with E-state index in [2.05, 4.69) is 22.0 Å². The Hall–Kier alpha value is -6.00. The minimum atomic E-state index is -0.563. The predicted molar refractivity (Wildman–Crippen MR) is 203 cm³/mol. The second-order valence-corrected chi connectivity index (χ2v) is 12.8. The lowest BCUT2D eigenvalue weighted by atomic mass is 10.1. The molecule has 0 bridgehead atoms. The molecule has 1 atom stereocenters. The second kappa shape index (κ2) is 17.1. The van der Waals surface area contributed by atoms with Crippen LogP contribution >= 0.6 is 11.8 Å². The molecular weight excluding hydrogens is 663 g/mol. The molecule has 0 aliphatic heterocycles. The summed E-state index contributed by atoms with van der Waals surface area (Å²) in [5.74, 6) is 0.0935. The van der Waals surface area contributed by atoms with E-state index < -0.39 is 17.1 Å². The summed E-state index contributed by atoms with van der Waals surface area (Å²) in [5.41, 5.74) is 5.04. The van der Waals surface area contributed by atoms with E-state index in [4.69, 9.17) is 14.2 Å². The van der Waals surface area contributed by atoms with Crippen LogP contribution in [0.5, 0.6) is 17.2 Å². The van der Waals surface area contributed by atoms with Gasteiger partial charge in [-0.2, -0.15) is 0 Å². The quantitative estimate of drug-likeness (QED) is 0.0838. The zero-order chi connectivity index (χ0) is 36.3. The molecule has 0 saturated heterocycles. The van der Waals surface area contributed by atoms with E-state index in [9.17, 15) is 14.4 Å². The summed E-state index contributed by atoms with van der Waals surface area (Å²) < 4.78 is 16.4. The minimum Gasteiger partial charge on any atom is -0.496 e. The van der Waals surface area contributed by atoms with E-state index in [0.29, 0.717) is 34.1 Å². The van der Waals surface area contributed by atoms with Gasteiger partial charge in [0, 0.05) is 33.5 Å². The molecule has 0 saturated carbocycles. The van der Waals surface area contributed by atoms with Crippen molar-refractivity contribution in [1.29, 1.82) is 0 Å². The van der Waals surface area contributed by atoms with Crippen molar-refractivity contribution in [3.05, 3.63) is 149 Å². The Bertz CT molecular complexity index is 2010. The van der Waals surface area contributed by atoms with Gasteiger partial charge < -0.3 is 30.2 Å². The van der Waals surface area contributed by atoms with Crippen LogP contribution in [0.4, 0.5) is 11.4 Å². The van der Waals surface area contributed by atoms with E-state index in [1.807, 2.05) is 68.4 Å². The standard InChI is InChI=1S/C41H39N3O6S/c1-26-20-27(2)22-32(21-26)43-41(47)38(28-12-8-6-9-13-28)51-33-18-16-31(17-19-33)42-40(46)34(44-39(45)29-14-10-7-11-15-29)23-30-24-36(49-4)37(50-5)25-35(30)48-3/h6-25,38H,1-5H3,(H,42,46)(H,43,47)(H,44,45)/b34-23-. The maximum Gasteiger partial charge on any atom is 0.272 e. The summed E-state index contributed by atoms with van der Waals surface area (Å²) in [6.07, 6.45) is 1.51. The fraction of sp³-hybridized carbons (Fsp3) is 0.146. The van der Waals surface area contributed by atoms with Crippen LogP contribution in [0.2, 0.25) is 0 Å². The number of aryl methyl sites for hydroxylation is 2. The van der Waals surface area contributed by atoms with Crippen molar-refractivity contribution in [3.8, 4) is 17.2 Å². The Balaban J connectivity index is 1.39. The number of anilines is 2. The number of ether oxygens (including phenoxy) is 3. The third-order valence-corrected chi connectivity index (χ3v) is 9.03. The zero-order valence-electron chi connectivity index (χ0n) is 29.0. The van der Waals surface area contributed by atoms with E-state index >= 15 is 0 Å². The van der Waals surface area contributed by atoms with Crippen molar-refractivity contribution in [3.63, 3.8) is 0 Å². The van der Waals surface area contributed by atoms with Gasteiger partial charge in [-0.15, -0.1) is 11.8 Å². The molecule has 0 radical (unpaired) electrons. The largest absolute Gasteiger partial charge is 0.496 e. The molecule has 51 heavy (non-hydrogen) atoms. The lowest BCUT2D eigenvalue weighted by Crippen LogP contribution is -2.30. The number of carbonyl (C=O) groups excluding carboxylic acids is 3. The summed E-state index contributed by atoms with van der Waals surface area (Å²) in [5, 5.41) is 8.17. The van der Waals surface area contributed by atoms with Gasteiger partial charge in [0.25, 0.3) is 11.8 Å². The van der Waals surface area contributed by atoms with Gasteiger partial charge in [-0.3, -0.25) is 14.4 Å². The first-order valence-electron chi connectivity index (χ1n) is 16.1. The third-order valence-electron chi connectivity index (χ3n) is 7.76. The number of carbonyl (C=O) groups is 3. The van der Waals surface area contributed by atoms with Gasteiger partial charge in [0.2, 0.25) is 5.91 Å². The topological polar surface area (TPSA) is 115 Å². The summed E-state index contributed by atoms with van der Waals surface area (Å²) in [4.78, 5) is 41.4. The van der Waals surface area contributed by atoms with Crippen LogP contribution in [0.15, 0.2) is 126 Å². The first-order valence-corrected chi connectivity index (χ1v) is 17.0. The van der Waals surface area contributed by atoms with Gasteiger partial charge in [-0.1, -0.05) is 54.6 Å². The molecule has 0 aromatic heterocycles. The molecule has 5 rings (SSSR count). The highest BCUT2D eigenvalue weighted by atomic mass is 32.2. The summed E-state index contributed by atoms with van der Waals surface area (Å²) in [6.45, 7) is 3.99. The van der Waals surface area contributed by atoms with Crippen LogP contribution in [0.1, 0.15) is 37.9 Å². The Morgan fingerprint density at radius 3 is 1.84 bits per heavy atom. The Labute approximate surface area is 302 Å². The predicted octanol–water partition coefficient (Wildman–Crippen LogP) is 8.21. The molecular formula is C41H39N3O6S. The maximum atomic E-state index is 13.8. The van der Waals surface area contributed by atoms with E-state index in [1.54, 1.807) is 54.6 Å². The van der Waals surface area contributed by atoms with E-state index in [-0.39, 0.29) is 11.6 Å². The molecule has 0 aliphatic rings. The summed E-state index contributed by atoms with van der Waals surface area (Å²) >= 11 is 1.40. The van der Waals surface area contributed by atoms with Crippen LogP contribution in [-0.4, -0.2) is 39.1 Å². The molecule has 1 unspecified atom stereocenters. The fourth-order valence-electron chi connectivity index (χ4n) is 5.37. The van der Waals surface area contributed by atoms with Crippen molar-refractivity contribution < 1.29 is 28.6 Å². The highest BCUT2D eigenvalue weighted by Crippen LogP contribution is 2.38. The Morgan fingerprint density at radius 2 is 1.24 bits per heavy atom. The molecule has 0 heterocycles. The first-order chi connectivity index (χ1) is 24.7. The van der Waals surface area contributed by atoms with E-state index in [1.165, 1.54) is 39.2 Å². The number of methoxy groups -OCH3 is 3. The number of hydrogen-bond acceptors (Lipinski definition) is 7. The lowest BCUT2D eigenvalue weighted by molar-refractivity contribution is -0.116. The Kier molecular flexibility index (Phi) is 12.2. The molecule has 0 aliphatic carbocycles. The van der Waals surface area contributed by atoms with E-state index in [0.717, 1.165) is 27.3 Å². The lowest BCUT2D eigenvalue weighted by Gasteiger charge is -2.18. The number of rotatable bonds is 13. The molecule has 0 spiro atoms. The minimum absolute atomic E-state index is 0.0278. The molecule has 260 valence electrons. The van der Waals surface area contributed by atoms with Crippen LogP contribution in [0.3, 0.4) is 0 Å². The number of thioether (sulfide) groups is 1. The van der Waals surface area contributed by atoms with Gasteiger partial charge in [-0.05, 0) is 91.2 Å². The van der Waals surface area contributed by atoms with Crippen LogP contribution in [0, 0.1) is 13.8 Å². The number of nitrogens with one attached hydrogen (secondary N) is 3. The zero-order valence-corrected chi connectivity index (χ0v) is 29.8. The molecule has 10 heteroatoms. The smallest absolute Gasteiger partial charge is 0.272 e. The second-order valence-electron chi connectivity index (χ2n) is 11.6. The van der Waals surface area contributed by atoms with Gasteiger partial charge >= 0.3 is 0 Å². The average Bonchev–Trinajstić information content (AvgIpc) is 3.14. The monoisotopic (exact) mass is 701 g/mol. The van der Waals surface area contributed by atoms with Crippen molar-refractivity contribution in [1.82, 2.24) is 5.32 Å². The van der Waals surface area contributed by atoms with Crippen molar-refractivity contribution in [2.45, 2.75) is 24.0 Å². The van der Waals surface area contributed by atoms with Crippen LogP contribution < -0.4 is 30.2 Å². The van der Waals surface area contributed by atoms with Crippen molar-refractivity contribution >= 4 is 46.9 Å². The normalized spacial score (nSPS) is 11.6. The first kappa shape index (κ1) is 36.3. The SMILES string of the molecule is COc1cc(OC)c(OC)cc1/C=C(\NC(=O)c1ccccc1)C(=O)Nc1ccc(SC(C(=O)Nc2cc(C)cc(C)c2)c2ccccc2)cc1. The summed E-state index contributed by atoms with van der Waals surface area (Å²) in [7, 11) is 4.51. The van der Waals surface area contributed by atoms with Crippen LogP contribution in [-0.2, 0) is 9.59 Å². The third kappa shape index (κ3) is 9.58. The molecule has 5 aromatic carbocycles. The van der Waals surface area contributed by atoms with Crippen molar-refractivity contribution in [2.75, 3.05) is 32.0 Å². The Morgan fingerprint density at radius 1 is 0.647 bits per heavy atom. The number of hydrogen-bond donors (Lipinski definition) is 3. The summed E-state index contributed by atoms with van der Waals surface area (Å²) in [6, 6.07) is 34.6. The molecule has 0 fully saturated rings. The van der Waals surface area contributed by atoms with Gasteiger partial charge in [0.1, 0.15) is 16.7 Å². The van der Waals surface area contributed by atoms with Crippen LogP contribution in [0.25, 0.3) is 6.08 Å². The average molecular weight is 702 g/mol. The molecule has 9 nitrogen and oxygen atoms in total. The van der Waals surface area contributed by atoms with Gasteiger partial charge in [0.05, 0.1) is 21.3 Å². The van der Waals surface area contributed by atoms with Gasteiger partial charge in [0.15, 0.2) is 11.5 Å². The molecule has 5 aromatic rings.